The van der Waals surface area contributed by atoms with E-state index in [1.54, 1.807) is 18.2 Å². The summed E-state index contributed by atoms with van der Waals surface area (Å²) in [5.74, 6) is -0.0881. The Morgan fingerprint density at radius 2 is 2.00 bits per heavy atom. The fourth-order valence-electron chi connectivity index (χ4n) is 1.37. The van der Waals surface area contributed by atoms with E-state index in [0.717, 1.165) is 0 Å². The maximum atomic E-state index is 11.2. The number of ether oxygens (including phenoxy) is 1. The lowest BCUT2D eigenvalue weighted by Gasteiger charge is -2.09. The number of aliphatic hydroxyl groups is 1. The number of rotatable bonds is 4. The normalized spacial score (nSPS) is 9.94. The number of aliphatic hydroxyl groups excluding tert-OH is 1. The van der Waals surface area contributed by atoms with Crippen molar-refractivity contribution < 1.29 is 19.4 Å². The van der Waals surface area contributed by atoms with Crippen molar-refractivity contribution in [2.45, 2.75) is 20.3 Å². The van der Waals surface area contributed by atoms with E-state index in [9.17, 15) is 9.59 Å². The molecule has 86 valence electrons. The van der Waals surface area contributed by atoms with Crippen LogP contribution in [0.4, 0.5) is 0 Å². The number of hydrogen-bond acceptors (Lipinski definition) is 4. The monoisotopic (exact) mass is 222 g/mol. The second-order valence-electron chi connectivity index (χ2n) is 3.45. The van der Waals surface area contributed by atoms with Crippen LogP contribution in [0.5, 0.6) is 5.75 Å². The summed E-state index contributed by atoms with van der Waals surface area (Å²) < 4.78 is 4.97. The molecule has 0 aliphatic rings. The molecule has 0 bridgehead atoms. The summed E-state index contributed by atoms with van der Waals surface area (Å²) in [5.41, 5.74) is 1.20. The van der Waals surface area contributed by atoms with Gasteiger partial charge in [-0.3, -0.25) is 9.59 Å². The lowest BCUT2D eigenvalue weighted by molar-refractivity contribution is -0.131. The van der Waals surface area contributed by atoms with Gasteiger partial charge in [-0.25, -0.2) is 0 Å². The van der Waals surface area contributed by atoms with Crippen LogP contribution in [-0.2, 0) is 11.2 Å². The molecule has 0 atom stereocenters. The van der Waals surface area contributed by atoms with Crippen LogP contribution in [0, 0.1) is 0 Å². The molecule has 1 N–H and O–H groups in total. The summed E-state index contributed by atoms with van der Waals surface area (Å²) in [5, 5.41) is 8.88. The van der Waals surface area contributed by atoms with Crippen LogP contribution in [0.3, 0.4) is 0 Å². The van der Waals surface area contributed by atoms with Crippen LogP contribution in [0.15, 0.2) is 18.2 Å². The van der Waals surface area contributed by atoms with E-state index in [1.807, 2.05) is 0 Å². The number of benzene rings is 1. The molecule has 1 aromatic rings. The first-order chi connectivity index (χ1) is 7.54. The molecule has 4 heteroatoms. The molecule has 0 aliphatic heterocycles. The minimum Gasteiger partial charge on any atom is -0.426 e. The van der Waals surface area contributed by atoms with E-state index >= 15 is 0 Å². The van der Waals surface area contributed by atoms with Gasteiger partial charge in [0, 0.05) is 19.1 Å². The predicted octanol–water partition coefficient (Wildman–Crippen LogP) is 1.35. The van der Waals surface area contributed by atoms with Crippen LogP contribution in [0.1, 0.15) is 29.8 Å². The highest BCUT2D eigenvalue weighted by Crippen LogP contribution is 2.21. The zero-order valence-electron chi connectivity index (χ0n) is 9.32. The molecule has 0 radical (unpaired) electrons. The van der Waals surface area contributed by atoms with Gasteiger partial charge in [-0.15, -0.1) is 0 Å². The van der Waals surface area contributed by atoms with Gasteiger partial charge in [0.25, 0.3) is 0 Å². The SMILES string of the molecule is CC(=O)Oc1ccc(C(C)=O)cc1CCO. The van der Waals surface area contributed by atoms with Crippen molar-refractivity contribution in [3.05, 3.63) is 29.3 Å². The molecule has 0 saturated heterocycles. The Kier molecular flexibility index (Phi) is 4.19. The molecule has 0 aliphatic carbocycles. The molecule has 0 spiro atoms. The average molecular weight is 222 g/mol. The van der Waals surface area contributed by atoms with Crippen LogP contribution >= 0.6 is 0 Å². The predicted molar refractivity (Wildman–Crippen MR) is 58.5 cm³/mol. The number of esters is 1. The zero-order chi connectivity index (χ0) is 12.1. The third kappa shape index (κ3) is 3.17. The third-order valence-electron chi connectivity index (χ3n) is 2.10. The topological polar surface area (TPSA) is 63.6 Å². The molecule has 0 heterocycles. The summed E-state index contributed by atoms with van der Waals surface area (Å²) in [6.07, 6.45) is 0.351. The van der Waals surface area contributed by atoms with Crippen LogP contribution in [0.25, 0.3) is 0 Å². The largest absolute Gasteiger partial charge is 0.426 e. The lowest BCUT2D eigenvalue weighted by Crippen LogP contribution is -2.06. The summed E-state index contributed by atoms with van der Waals surface area (Å²) in [7, 11) is 0. The Labute approximate surface area is 93.9 Å². The van der Waals surface area contributed by atoms with Gasteiger partial charge in [0.2, 0.25) is 0 Å². The molecule has 4 nitrogen and oxygen atoms in total. The molecule has 0 amide bonds. The van der Waals surface area contributed by atoms with Crippen molar-refractivity contribution in [1.29, 1.82) is 0 Å². The molecule has 0 unspecified atom stereocenters. The van der Waals surface area contributed by atoms with E-state index in [4.69, 9.17) is 9.84 Å². The van der Waals surface area contributed by atoms with E-state index < -0.39 is 5.97 Å². The summed E-state index contributed by atoms with van der Waals surface area (Å²) >= 11 is 0. The van der Waals surface area contributed by atoms with E-state index in [0.29, 0.717) is 23.3 Å². The van der Waals surface area contributed by atoms with Gasteiger partial charge in [-0.1, -0.05) is 0 Å². The van der Waals surface area contributed by atoms with E-state index in [2.05, 4.69) is 0 Å². The van der Waals surface area contributed by atoms with E-state index in [-0.39, 0.29) is 12.4 Å². The number of hydrogen-bond donors (Lipinski definition) is 1. The Balaban J connectivity index is 3.08. The third-order valence-corrected chi connectivity index (χ3v) is 2.10. The summed E-state index contributed by atoms with van der Waals surface area (Å²) in [6, 6.07) is 4.81. The standard InChI is InChI=1S/C12H14O4/c1-8(14)10-3-4-12(16-9(2)15)11(7-10)5-6-13/h3-4,7,13H,5-6H2,1-2H3. The molecule has 1 aromatic carbocycles. The van der Waals surface area contributed by atoms with E-state index in [1.165, 1.54) is 13.8 Å². The van der Waals surface area contributed by atoms with Crippen molar-refractivity contribution in [2.24, 2.45) is 0 Å². The molecular weight excluding hydrogens is 208 g/mol. The van der Waals surface area contributed by atoms with Crippen molar-refractivity contribution in [3.63, 3.8) is 0 Å². The smallest absolute Gasteiger partial charge is 0.308 e. The Bertz CT molecular complexity index is 409. The first kappa shape index (κ1) is 12.4. The zero-order valence-corrected chi connectivity index (χ0v) is 9.32. The number of carbonyl (C=O) groups excluding carboxylic acids is 2. The second-order valence-corrected chi connectivity index (χ2v) is 3.45. The van der Waals surface area contributed by atoms with Gasteiger partial charge in [0.05, 0.1) is 0 Å². The van der Waals surface area contributed by atoms with Crippen molar-refractivity contribution >= 4 is 11.8 Å². The highest BCUT2D eigenvalue weighted by molar-refractivity contribution is 5.94. The molecule has 1 rings (SSSR count). The lowest BCUT2D eigenvalue weighted by atomic mass is 10.0. The van der Waals surface area contributed by atoms with Gasteiger partial charge in [-0.05, 0) is 37.1 Å². The van der Waals surface area contributed by atoms with Crippen LogP contribution < -0.4 is 4.74 Å². The number of carbonyl (C=O) groups is 2. The fourth-order valence-corrected chi connectivity index (χ4v) is 1.37. The highest BCUT2D eigenvalue weighted by atomic mass is 16.5. The van der Waals surface area contributed by atoms with Crippen LogP contribution in [-0.4, -0.2) is 23.5 Å². The molecular formula is C12H14O4. The quantitative estimate of drug-likeness (QED) is 0.474. The minimum atomic E-state index is -0.422. The maximum Gasteiger partial charge on any atom is 0.308 e. The van der Waals surface area contributed by atoms with Gasteiger partial charge in [0.1, 0.15) is 5.75 Å². The maximum absolute atomic E-state index is 11.2. The van der Waals surface area contributed by atoms with Crippen molar-refractivity contribution in [2.75, 3.05) is 6.61 Å². The average Bonchev–Trinajstić information content (AvgIpc) is 2.20. The van der Waals surface area contributed by atoms with Gasteiger partial charge in [-0.2, -0.15) is 0 Å². The van der Waals surface area contributed by atoms with Crippen LogP contribution in [0.2, 0.25) is 0 Å². The molecule has 0 saturated carbocycles. The van der Waals surface area contributed by atoms with Gasteiger partial charge < -0.3 is 9.84 Å². The van der Waals surface area contributed by atoms with Gasteiger partial charge in [0.15, 0.2) is 5.78 Å². The Morgan fingerprint density at radius 3 is 2.50 bits per heavy atom. The first-order valence-corrected chi connectivity index (χ1v) is 4.97. The van der Waals surface area contributed by atoms with Crippen molar-refractivity contribution in [1.82, 2.24) is 0 Å². The first-order valence-electron chi connectivity index (χ1n) is 4.97. The highest BCUT2D eigenvalue weighted by Gasteiger charge is 2.09. The number of ketones is 1. The fraction of sp³-hybridized carbons (Fsp3) is 0.333. The summed E-state index contributed by atoms with van der Waals surface area (Å²) in [6.45, 7) is 2.71. The summed E-state index contributed by atoms with van der Waals surface area (Å²) in [4.78, 5) is 22.0. The Morgan fingerprint density at radius 1 is 1.31 bits per heavy atom. The molecule has 0 fully saturated rings. The Hall–Kier alpha value is -1.68. The minimum absolute atomic E-state index is 0.0599. The van der Waals surface area contributed by atoms with Gasteiger partial charge >= 0.3 is 5.97 Å². The number of Topliss-reactive ketones (excluding diaryl/α,β-unsaturated/α-hetero) is 1. The van der Waals surface area contributed by atoms with Crippen molar-refractivity contribution in [3.8, 4) is 5.75 Å². The molecule has 16 heavy (non-hydrogen) atoms. The molecule has 0 aromatic heterocycles. The second kappa shape index (κ2) is 5.42.